The molecule has 21 heavy (non-hydrogen) atoms. The summed E-state index contributed by atoms with van der Waals surface area (Å²) in [4.78, 5) is 2.30. The van der Waals surface area contributed by atoms with E-state index in [1.165, 1.54) is 0 Å². The highest BCUT2D eigenvalue weighted by Crippen LogP contribution is 2.19. The van der Waals surface area contributed by atoms with Gasteiger partial charge < -0.3 is 10.2 Å². The van der Waals surface area contributed by atoms with Crippen LogP contribution in [0.2, 0.25) is 0 Å². The molecule has 0 spiro atoms. The van der Waals surface area contributed by atoms with Crippen LogP contribution in [0.5, 0.6) is 0 Å². The van der Waals surface area contributed by atoms with Crippen LogP contribution in [-0.2, 0) is 10.0 Å². The summed E-state index contributed by atoms with van der Waals surface area (Å²) >= 11 is 0. The highest BCUT2D eigenvalue weighted by atomic mass is 32.2. The lowest BCUT2D eigenvalue weighted by Crippen LogP contribution is -2.38. The minimum absolute atomic E-state index is 0.142. The molecular formula is C15H27N3O2S. The van der Waals surface area contributed by atoms with E-state index >= 15 is 0 Å². The highest BCUT2D eigenvalue weighted by Gasteiger charge is 2.17. The summed E-state index contributed by atoms with van der Waals surface area (Å²) in [5.41, 5.74) is 0.989. The van der Waals surface area contributed by atoms with E-state index in [0.29, 0.717) is 11.4 Å². The Morgan fingerprint density at radius 1 is 1.29 bits per heavy atom. The summed E-state index contributed by atoms with van der Waals surface area (Å²) in [5.74, 6) is 0. The maximum atomic E-state index is 12.4. The summed E-state index contributed by atoms with van der Waals surface area (Å²) in [6.07, 6.45) is 0.908. The molecular weight excluding hydrogens is 286 g/mol. The molecule has 2 atom stereocenters. The Morgan fingerprint density at radius 2 is 1.95 bits per heavy atom. The highest BCUT2D eigenvalue weighted by molar-refractivity contribution is 7.89. The topological polar surface area (TPSA) is 61.4 Å². The molecule has 0 aliphatic heterocycles. The van der Waals surface area contributed by atoms with Gasteiger partial charge in [-0.1, -0.05) is 19.1 Å². The van der Waals surface area contributed by atoms with Gasteiger partial charge in [0.25, 0.3) is 0 Å². The molecule has 0 saturated heterocycles. The second-order valence-corrected chi connectivity index (χ2v) is 7.25. The molecule has 2 unspecified atom stereocenters. The lowest BCUT2D eigenvalue weighted by molar-refractivity contribution is 0.314. The van der Waals surface area contributed by atoms with Crippen molar-refractivity contribution in [3.05, 3.63) is 29.8 Å². The molecule has 0 aliphatic rings. The van der Waals surface area contributed by atoms with E-state index in [0.717, 1.165) is 12.0 Å². The minimum atomic E-state index is -3.47. The molecule has 0 heterocycles. The fourth-order valence-electron chi connectivity index (χ4n) is 2.00. The van der Waals surface area contributed by atoms with Crippen molar-refractivity contribution in [1.29, 1.82) is 0 Å². The average molecular weight is 313 g/mol. The summed E-state index contributed by atoms with van der Waals surface area (Å²) in [7, 11) is 2.27. The van der Waals surface area contributed by atoms with Crippen molar-refractivity contribution >= 4 is 10.0 Å². The number of benzene rings is 1. The zero-order valence-electron chi connectivity index (χ0n) is 13.6. The van der Waals surface area contributed by atoms with Gasteiger partial charge >= 0.3 is 0 Å². The normalized spacial score (nSPS) is 15.1. The molecule has 5 nitrogen and oxygen atoms in total. The molecule has 0 bridgehead atoms. The third kappa shape index (κ3) is 5.07. The van der Waals surface area contributed by atoms with Crippen molar-refractivity contribution in [3.8, 4) is 0 Å². The van der Waals surface area contributed by atoms with E-state index < -0.39 is 10.0 Å². The molecule has 0 fully saturated rings. The third-order valence-electron chi connectivity index (χ3n) is 3.78. The Balaban J connectivity index is 2.91. The third-order valence-corrected chi connectivity index (χ3v) is 5.20. The molecule has 0 aromatic heterocycles. The number of hydrogen-bond acceptors (Lipinski definition) is 4. The van der Waals surface area contributed by atoms with Gasteiger partial charge in [0, 0.05) is 18.6 Å². The predicted molar refractivity (Wildman–Crippen MR) is 86.9 cm³/mol. The lowest BCUT2D eigenvalue weighted by Gasteiger charge is -2.20. The summed E-state index contributed by atoms with van der Waals surface area (Å²) < 4.78 is 27.4. The van der Waals surface area contributed by atoms with Crippen LogP contribution < -0.4 is 10.0 Å². The van der Waals surface area contributed by atoms with Crippen LogP contribution in [-0.4, -0.2) is 47.0 Å². The molecule has 0 aliphatic carbocycles. The first-order valence-corrected chi connectivity index (χ1v) is 8.73. The van der Waals surface area contributed by atoms with Crippen molar-refractivity contribution in [3.63, 3.8) is 0 Å². The number of hydrogen-bond donors (Lipinski definition) is 2. The Hall–Kier alpha value is -0.950. The quantitative estimate of drug-likeness (QED) is 0.765. The van der Waals surface area contributed by atoms with Crippen molar-refractivity contribution in [1.82, 2.24) is 14.9 Å². The number of likely N-dealkylation sites (N-methyl/N-ethyl adjacent to an activating group) is 1. The van der Waals surface area contributed by atoms with E-state index in [4.69, 9.17) is 0 Å². The molecule has 0 radical (unpaired) electrons. The van der Waals surface area contributed by atoms with Crippen LogP contribution in [0.25, 0.3) is 0 Å². The SMILES string of the molecule is CCC(NC)c1cccc(S(=O)(=O)NCC(C)N(C)C)c1. The zero-order valence-corrected chi connectivity index (χ0v) is 14.4. The van der Waals surface area contributed by atoms with Crippen LogP contribution in [0.4, 0.5) is 0 Å². The Morgan fingerprint density at radius 3 is 2.48 bits per heavy atom. The lowest BCUT2D eigenvalue weighted by atomic mass is 10.1. The summed E-state index contributed by atoms with van der Waals surface area (Å²) in [6, 6.07) is 7.43. The first-order valence-electron chi connectivity index (χ1n) is 7.25. The fourth-order valence-corrected chi connectivity index (χ4v) is 3.18. The minimum Gasteiger partial charge on any atom is -0.313 e. The maximum absolute atomic E-state index is 12.4. The molecule has 6 heteroatoms. The molecule has 1 aromatic rings. The predicted octanol–water partition coefficient (Wildman–Crippen LogP) is 1.59. The molecule has 2 N–H and O–H groups in total. The molecule has 0 amide bonds. The van der Waals surface area contributed by atoms with Gasteiger partial charge in [-0.2, -0.15) is 0 Å². The van der Waals surface area contributed by atoms with Gasteiger partial charge in [0.15, 0.2) is 0 Å². The van der Waals surface area contributed by atoms with E-state index in [1.807, 2.05) is 39.0 Å². The monoisotopic (exact) mass is 313 g/mol. The van der Waals surface area contributed by atoms with Gasteiger partial charge in [0.2, 0.25) is 10.0 Å². The maximum Gasteiger partial charge on any atom is 0.240 e. The van der Waals surface area contributed by atoms with Crippen LogP contribution in [0.15, 0.2) is 29.2 Å². The average Bonchev–Trinajstić information content (AvgIpc) is 2.46. The largest absolute Gasteiger partial charge is 0.313 e. The fraction of sp³-hybridized carbons (Fsp3) is 0.600. The molecule has 1 rings (SSSR count). The zero-order chi connectivity index (χ0) is 16.0. The number of sulfonamides is 1. The number of rotatable bonds is 8. The number of nitrogens with zero attached hydrogens (tertiary/aromatic N) is 1. The Kier molecular flexibility index (Phi) is 6.80. The first kappa shape index (κ1) is 18.1. The van der Waals surface area contributed by atoms with Gasteiger partial charge in [0.05, 0.1) is 4.90 Å². The van der Waals surface area contributed by atoms with Crippen LogP contribution >= 0.6 is 0 Å². The van der Waals surface area contributed by atoms with E-state index in [2.05, 4.69) is 17.0 Å². The summed E-state index contributed by atoms with van der Waals surface area (Å²) in [5, 5.41) is 3.19. The molecule has 120 valence electrons. The number of nitrogens with one attached hydrogen (secondary N) is 2. The van der Waals surface area contributed by atoms with Gasteiger partial charge in [-0.05, 0) is 52.2 Å². The van der Waals surface area contributed by atoms with Gasteiger partial charge in [-0.25, -0.2) is 13.1 Å². The Bertz CT molecular complexity index is 540. The van der Waals surface area contributed by atoms with Crippen LogP contribution in [0, 0.1) is 0 Å². The van der Waals surface area contributed by atoms with E-state index in [-0.39, 0.29) is 12.1 Å². The van der Waals surface area contributed by atoms with Crippen molar-refractivity contribution in [2.45, 2.75) is 37.2 Å². The van der Waals surface area contributed by atoms with Crippen LogP contribution in [0.3, 0.4) is 0 Å². The first-order chi connectivity index (χ1) is 9.81. The smallest absolute Gasteiger partial charge is 0.240 e. The standard InChI is InChI=1S/C15H27N3O2S/c1-6-15(16-3)13-8-7-9-14(10-13)21(19,20)17-11-12(2)18(4)5/h7-10,12,15-17H,6,11H2,1-5H3. The van der Waals surface area contributed by atoms with Crippen molar-refractivity contribution in [2.75, 3.05) is 27.7 Å². The van der Waals surface area contributed by atoms with Crippen molar-refractivity contribution in [2.24, 2.45) is 0 Å². The second-order valence-electron chi connectivity index (χ2n) is 5.49. The van der Waals surface area contributed by atoms with Crippen LogP contribution in [0.1, 0.15) is 31.9 Å². The molecule has 1 aromatic carbocycles. The molecule has 0 saturated carbocycles. The van der Waals surface area contributed by atoms with Gasteiger partial charge in [-0.15, -0.1) is 0 Å². The van der Waals surface area contributed by atoms with Gasteiger partial charge in [-0.3, -0.25) is 0 Å². The second kappa shape index (κ2) is 7.89. The van der Waals surface area contributed by atoms with Crippen molar-refractivity contribution < 1.29 is 8.42 Å². The van der Waals surface area contributed by atoms with Gasteiger partial charge in [0.1, 0.15) is 0 Å². The van der Waals surface area contributed by atoms with E-state index in [9.17, 15) is 8.42 Å². The van der Waals surface area contributed by atoms with E-state index in [1.54, 1.807) is 18.2 Å². The summed E-state index contributed by atoms with van der Waals surface area (Å²) in [6.45, 7) is 4.44. The Labute approximate surface area is 128 Å².